The minimum atomic E-state index is 0.720. The molecule has 0 aliphatic heterocycles. The lowest BCUT2D eigenvalue weighted by Crippen LogP contribution is -2.19. The molecule has 0 unspecified atom stereocenters. The maximum Gasteiger partial charge on any atom is 0.128 e. The summed E-state index contributed by atoms with van der Waals surface area (Å²) >= 11 is 6.04. The first kappa shape index (κ1) is 12.3. The predicted molar refractivity (Wildman–Crippen MR) is 65.6 cm³/mol. The second-order valence-corrected chi connectivity index (χ2v) is 3.99. The molecule has 0 aliphatic carbocycles. The molecular formula is C11H18ClN3. The van der Waals surface area contributed by atoms with E-state index in [2.05, 4.69) is 22.1 Å². The highest BCUT2D eigenvalue weighted by Gasteiger charge is 2.05. The van der Waals surface area contributed by atoms with E-state index in [9.17, 15) is 0 Å². The maximum absolute atomic E-state index is 6.04. The number of halogens is 1. The Morgan fingerprint density at radius 1 is 1.53 bits per heavy atom. The van der Waals surface area contributed by atoms with E-state index in [4.69, 9.17) is 11.6 Å². The minimum absolute atomic E-state index is 0.720. The zero-order chi connectivity index (χ0) is 11.3. The molecule has 1 rings (SSSR count). The van der Waals surface area contributed by atoms with E-state index in [-0.39, 0.29) is 0 Å². The topological polar surface area (TPSA) is 28.2 Å². The second-order valence-electron chi connectivity index (χ2n) is 3.59. The quantitative estimate of drug-likeness (QED) is 0.837. The SMILES string of the molecule is CCCN(C)c1cc(CNC)c(Cl)cn1. The maximum atomic E-state index is 6.04. The normalized spacial score (nSPS) is 10.4. The van der Waals surface area contributed by atoms with Crippen molar-refractivity contribution in [3.05, 3.63) is 22.8 Å². The fourth-order valence-corrected chi connectivity index (χ4v) is 1.62. The zero-order valence-electron chi connectivity index (χ0n) is 9.55. The second kappa shape index (κ2) is 5.93. The molecule has 1 aromatic heterocycles. The van der Waals surface area contributed by atoms with E-state index in [1.807, 2.05) is 20.2 Å². The van der Waals surface area contributed by atoms with Crippen molar-refractivity contribution in [2.75, 3.05) is 25.5 Å². The number of hydrogen-bond donors (Lipinski definition) is 1. The van der Waals surface area contributed by atoms with Crippen LogP contribution >= 0.6 is 11.6 Å². The fraction of sp³-hybridized carbons (Fsp3) is 0.545. The largest absolute Gasteiger partial charge is 0.360 e. The molecule has 1 heterocycles. The van der Waals surface area contributed by atoms with Crippen molar-refractivity contribution in [1.29, 1.82) is 0 Å². The summed E-state index contributed by atoms with van der Waals surface area (Å²) in [6.07, 6.45) is 2.83. The first-order chi connectivity index (χ1) is 7.19. The van der Waals surface area contributed by atoms with Crippen molar-refractivity contribution in [1.82, 2.24) is 10.3 Å². The summed E-state index contributed by atoms with van der Waals surface area (Å²) < 4.78 is 0. The van der Waals surface area contributed by atoms with Gasteiger partial charge in [-0.3, -0.25) is 0 Å². The first-order valence-corrected chi connectivity index (χ1v) is 5.57. The Hall–Kier alpha value is -0.800. The van der Waals surface area contributed by atoms with Gasteiger partial charge in [0.25, 0.3) is 0 Å². The van der Waals surface area contributed by atoms with Crippen molar-refractivity contribution in [3.8, 4) is 0 Å². The van der Waals surface area contributed by atoms with Crippen molar-refractivity contribution >= 4 is 17.4 Å². The van der Waals surface area contributed by atoms with Gasteiger partial charge in [-0.15, -0.1) is 0 Å². The molecule has 4 heteroatoms. The van der Waals surface area contributed by atoms with Gasteiger partial charge in [-0.05, 0) is 25.1 Å². The van der Waals surface area contributed by atoms with Gasteiger partial charge in [0.1, 0.15) is 5.82 Å². The van der Waals surface area contributed by atoms with E-state index in [0.29, 0.717) is 0 Å². The van der Waals surface area contributed by atoms with E-state index >= 15 is 0 Å². The van der Waals surface area contributed by atoms with Crippen LogP contribution in [0.5, 0.6) is 0 Å². The number of anilines is 1. The standard InChI is InChI=1S/C11H18ClN3/c1-4-5-15(3)11-6-9(7-13-2)10(12)8-14-11/h6,8,13H,4-5,7H2,1-3H3. The van der Waals surface area contributed by atoms with Crippen LogP contribution in [0.4, 0.5) is 5.82 Å². The third-order valence-corrected chi connectivity index (χ3v) is 2.58. The number of aromatic nitrogens is 1. The average molecular weight is 228 g/mol. The molecule has 0 fully saturated rings. The van der Waals surface area contributed by atoms with E-state index in [1.54, 1.807) is 6.20 Å². The van der Waals surface area contributed by atoms with Crippen LogP contribution in [0.15, 0.2) is 12.3 Å². The Kier molecular flexibility index (Phi) is 4.85. The number of pyridine rings is 1. The molecule has 3 nitrogen and oxygen atoms in total. The van der Waals surface area contributed by atoms with Gasteiger partial charge in [0.15, 0.2) is 0 Å². The molecule has 0 aliphatic rings. The number of hydrogen-bond acceptors (Lipinski definition) is 3. The van der Waals surface area contributed by atoms with Gasteiger partial charge in [-0.2, -0.15) is 0 Å². The summed E-state index contributed by atoms with van der Waals surface area (Å²) in [5, 5.41) is 3.81. The third-order valence-electron chi connectivity index (χ3n) is 2.24. The average Bonchev–Trinajstić information content (AvgIpc) is 2.22. The Bertz CT molecular complexity index is 315. The molecule has 1 N–H and O–H groups in total. The minimum Gasteiger partial charge on any atom is -0.360 e. The first-order valence-electron chi connectivity index (χ1n) is 5.19. The van der Waals surface area contributed by atoms with Crippen LogP contribution in [0, 0.1) is 0 Å². The van der Waals surface area contributed by atoms with Gasteiger partial charge in [0.2, 0.25) is 0 Å². The van der Waals surface area contributed by atoms with Crippen LogP contribution in [-0.2, 0) is 6.54 Å². The van der Waals surface area contributed by atoms with Gasteiger partial charge in [0.05, 0.1) is 5.02 Å². The lowest BCUT2D eigenvalue weighted by atomic mass is 10.2. The van der Waals surface area contributed by atoms with Crippen molar-refractivity contribution in [2.24, 2.45) is 0 Å². The summed E-state index contributed by atoms with van der Waals surface area (Å²) in [6, 6.07) is 2.04. The van der Waals surface area contributed by atoms with Crippen LogP contribution in [0.25, 0.3) is 0 Å². The highest BCUT2D eigenvalue weighted by atomic mass is 35.5. The van der Waals surface area contributed by atoms with E-state index < -0.39 is 0 Å². The lowest BCUT2D eigenvalue weighted by Gasteiger charge is -2.18. The molecule has 15 heavy (non-hydrogen) atoms. The smallest absolute Gasteiger partial charge is 0.128 e. The highest BCUT2D eigenvalue weighted by Crippen LogP contribution is 2.19. The Morgan fingerprint density at radius 2 is 2.27 bits per heavy atom. The van der Waals surface area contributed by atoms with Crippen LogP contribution in [0.1, 0.15) is 18.9 Å². The number of rotatable bonds is 5. The van der Waals surface area contributed by atoms with Gasteiger partial charge in [-0.25, -0.2) is 4.98 Å². The molecule has 0 saturated heterocycles. The third kappa shape index (κ3) is 3.36. The van der Waals surface area contributed by atoms with E-state index in [0.717, 1.165) is 35.9 Å². The van der Waals surface area contributed by atoms with Gasteiger partial charge in [-0.1, -0.05) is 18.5 Å². The molecule has 1 aromatic rings. The summed E-state index contributed by atoms with van der Waals surface area (Å²) in [7, 11) is 3.95. The molecule has 84 valence electrons. The van der Waals surface area contributed by atoms with Crippen molar-refractivity contribution in [2.45, 2.75) is 19.9 Å². The summed E-state index contributed by atoms with van der Waals surface area (Å²) in [5.74, 6) is 0.978. The number of nitrogens with zero attached hydrogens (tertiary/aromatic N) is 2. The summed E-state index contributed by atoms with van der Waals surface area (Å²) in [6.45, 7) is 3.93. The van der Waals surface area contributed by atoms with Crippen LogP contribution in [-0.4, -0.2) is 25.6 Å². The highest BCUT2D eigenvalue weighted by molar-refractivity contribution is 6.31. The Morgan fingerprint density at radius 3 is 2.87 bits per heavy atom. The Balaban J connectivity index is 2.86. The summed E-state index contributed by atoms with van der Waals surface area (Å²) in [5.41, 5.74) is 1.09. The molecule has 0 radical (unpaired) electrons. The van der Waals surface area contributed by atoms with Gasteiger partial charge in [0, 0.05) is 26.3 Å². The molecule has 0 amide bonds. The molecule has 0 bridgehead atoms. The van der Waals surface area contributed by atoms with Crippen LogP contribution < -0.4 is 10.2 Å². The lowest BCUT2D eigenvalue weighted by molar-refractivity contribution is 0.806. The fourth-order valence-electron chi connectivity index (χ4n) is 1.45. The molecule has 0 atom stereocenters. The Labute approximate surface area is 96.5 Å². The van der Waals surface area contributed by atoms with Crippen LogP contribution in [0.3, 0.4) is 0 Å². The monoisotopic (exact) mass is 227 g/mol. The van der Waals surface area contributed by atoms with Gasteiger partial charge >= 0.3 is 0 Å². The summed E-state index contributed by atoms with van der Waals surface area (Å²) in [4.78, 5) is 6.44. The van der Waals surface area contributed by atoms with E-state index in [1.165, 1.54) is 0 Å². The molecule has 0 spiro atoms. The molecule has 0 aromatic carbocycles. The predicted octanol–water partition coefficient (Wildman–Crippen LogP) is 2.30. The van der Waals surface area contributed by atoms with Gasteiger partial charge < -0.3 is 10.2 Å². The molecular weight excluding hydrogens is 210 g/mol. The van der Waals surface area contributed by atoms with Crippen LogP contribution in [0.2, 0.25) is 5.02 Å². The van der Waals surface area contributed by atoms with Crippen molar-refractivity contribution < 1.29 is 0 Å². The molecule has 0 saturated carbocycles. The zero-order valence-corrected chi connectivity index (χ0v) is 10.3. The van der Waals surface area contributed by atoms with Crippen molar-refractivity contribution in [3.63, 3.8) is 0 Å². The number of nitrogens with one attached hydrogen (secondary N) is 1.